The lowest BCUT2D eigenvalue weighted by Gasteiger charge is -2.17. The summed E-state index contributed by atoms with van der Waals surface area (Å²) < 4.78 is 11.1. The van der Waals surface area contributed by atoms with Gasteiger partial charge in [0.25, 0.3) is 0 Å². The summed E-state index contributed by atoms with van der Waals surface area (Å²) in [6.07, 6.45) is 5.94. The molecule has 3 rings (SSSR count). The van der Waals surface area contributed by atoms with Gasteiger partial charge in [0.15, 0.2) is 0 Å². The van der Waals surface area contributed by atoms with Crippen LogP contribution in [0.3, 0.4) is 0 Å². The van der Waals surface area contributed by atoms with Crippen molar-refractivity contribution >= 4 is 5.97 Å². The molecule has 1 fully saturated rings. The van der Waals surface area contributed by atoms with E-state index >= 15 is 0 Å². The van der Waals surface area contributed by atoms with Crippen molar-refractivity contribution in [1.29, 1.82) is 0 Å². The Labute approximate surface area is 156 Å². The first-order valence-corrected chi connectivity index (χ1v) is 9.41. The Morgan fingerprint density at radius 1 is 1.19 bits per heavy atom. The number of carbonyl (C=O) groups excluding carboxylic acids is 1. The first-order valence-electron chi connectivity index (χ1n) is 9.41. The average Bonchev–Trinajstić information content (AvgIpc) is 3.17. The number of methoxy groups -OCH3 is 1. The Balaban J connectivity index is 1.78. The molecule has 3 nitrogen and oxygen atoms in total. The van der Waals surface area contributed by atoms with Gasteiger partial charge in [-0.3, -0.25) is 0 Å². The molecule has 3 atom stereocenters. The second kappa shape index (κ2) is 7.58. The van der Waals surface area contributed by atoms with Crippen molar-refractivity contribution in [2.75, 3.05) is 7.11 Å². The van der Waals surface area contributed by atoms with Crippen molar-refractivity contribution in [1.82, 2.24) is 0 Å². The first-order chi connectivity index (χ1) is 12.4. The second-order valence-electron chi connectivity index (χ2n) is 7.97. The third kappa shape index (κ3) is 3.96. The molecular formula is C23H28O3. The Morgan fingerprint density at radius 2 is 1.92 bits per heavy atom. The largest absolute Gasteiger partial charge is 0.497 e. The Bertz CT molecular complexity index is 746. The summed E-state index contributed by atoms with van der Waals surface area (Å²) in [5.41, 5.74) is 2.12. The highest BCUT2D eigenvalue weighted by Gasteiger charge is 2.60. The lowest BCUT2D eigenvalue weighted by Crippen LogP contribution is -2.22. The molecule has 0 unspecified atom stereocenters. The van der Waals surface area contributed by atoms with Gasteiger partial charge in [-0.25, -0.2) is 4.79 Å². The predicted molar refractivity (Wildman–Crippen MR) is 103 cm³/mol. The summed E-state index contributed by atoms with van der Waals surface area (Å²) >= 11 is 0. The minimum atomic E-state index is -0.281. The quantitative estimate of drug-likeness (QED) is 0.435. The molecule has 0 heterocycles. The highest BCUT2D eigenvalue weighted by atomic mass is 16.5. The molecule has 1 aromatic carbocycles. The van der Waals surface area contributed by atoms with Gasteiger partial charge in [0, 0.05) is 18.8 Å². The molecule has 0 saturated heterocycles. The normalized spacial score (nSPS) is 28.9. The van der Waals surface area contributed by atoms with Crippen LogP contribution >= 0.6 is 0 Å². The summed E-state index contributed by atoms with van der Waals surface area (Å²) in [7, 11) is 1.61. The van der Waals surface area contributed by atoms with Crippen LogP contribution in [0.25, 0.3) is 0 Å². The van der Waals surface area contributed by atoms with Gasteiger partial charge in [0.05, 0.1) is 12.7 Å². The standard InChI is InChI=1S/C23H28O3/c1-16-9-7-5-6-8-10-20(21-19(15-16)23(21,2)3)26-22(24)17-11-13-18(25-4)14-12-17/h11-15,19-21H,5,7,9-10H2,1-4H3/b16-15+/t19-,20-,21-/m0/s1. The Kier molecular flexibility index (Phi) is 5.41. The lowest BCUT2D eigenvalue weighted by atomic mass is 10.0. The number of carbonyl (C=O) groups is 1. The molecule has 1 aromatic rings. The van der Waals surface area contributed by atoms with E-state index in [0.29, 0.717) is 23.8 Å². The van der Waals surface area contributed by atoms with E-state index in [1.165, 1.54) is 5.57 Å². The van der Waals surface area contributed by atoms with Crippen molar-refractivity contribution < 1.29 is 14.3 Å². The zero-order valence-corrected chi connectivity index (χ0v) is 16.2. The maximum absolute atomic E-state index is 12.6. The maximum Gasteiger partial charge on any atom is 0.338 e. The van der Waals surface area contributed by atoms with Gasteiger partial charge in [-0.05, 0) is 55.4 Å². The monoisotopic (exact) mass is 352 g/mol. The van der Waals surface area contributed by atoms with Crippen LogP contribution in [0.2, 0.25) is 0 Å². The fraction of sp³-hybridized carbons (Fsp3) is 0.522. The summed E-state index contributed by atoms with van der Waals surface area (Å²) in [6, 6.07) is 7.06. The van der Waals surface area contributed by atoms with Crippen LogP contribution in [0.1, 0.15) is 56.8 Å². The van der Waals surface area contributed by atoms with Gasteiger partial charge in [0.1, 0.15) is 11.9 Å². The molecule has 2 aliphatic rings. The Morgan fingerprint density at radius 3 is 2.62 bits per heavy atom. The van der Waals surface area contributed by atoms with Crippen LogP contribution in [0.5, 0.6) is 5.75 Å². The number of fused-ring (bicyclic) bond motifs is 1. The highest BCUT2D eigenvalue weighted by Crippen LogP contribution is 2.62. The van der Waals surface area contributed by atoms with Gasteiger partial charge >= 0.3 is 5.97 Å². The third-order valence-electron chi connectivity index (χ3n) is 5.75. The fourth-order valence-corrected chi connectivity index (χ4v) is 4.03. The SMILES string of the molecule is COc1ccc(C(=O)O[C@H]2CC#CCCC/C(C)=C/[C@H]3[C@@H]2C3(C)C)cc1. The number of benzene rings is 1. The molecule has 1 saturated carbocycles. The number of allylic oxidation sites excluding steroid dienone is 2. The minimum Gasteiger partial charge on any atom is -0.497 e. The molecule has 0 aliphatic heterocycles. The average molecular weight is 352 g/mol. The van der Waals surface area contributed by atoms with E-state index in [0.717, 1.165) is 25.0 Å². The molecule has 138 valence electrons. The summed E-state index contributed by atoms with van der Waals surface area (Å²) in [5.74, 6) is 7.72. The van der Waals surface area contributed by atoms with Crippen LogP contribution in [0.15, 0.2) is 35.9 Å². The molecule has 0 radical (unpaired) electrons. The van der Waals surface area contributed by atoms with Crippen LogP contribution in [0, 0.1) is 29.1 Å². The van der Waals surface area contributed by atoms with Gasteiger partial charge < -0.3 is 9.47 Å². The van der Waals surface area contributed by atoms with Crippen molar-refractivity contribution in [3.63, 3.8) is 0 Å². The Hall–Kier alpha value is -2.21. The first kappa shape index (κ1) is 18.6. The molecule has 26 heavy (non-hydrogen) atoms. The zero-order chi connectivity index (χ0) is 18.7. The van der Waals surface area contributed by atoms with Crippen molar-refractivity contribution in [2.45, 2.75) is 52.6 Å². The number of hydrogen-bond donors (Lipinski definition) is 0. The van der Waals surface area contributed by atoms with Crippen LogP contribution in [-0.2, 0) is 4.74 Å². The molecule has 0 spiro atoms. The molecule has 2 aliphatic carbocycles. The lowest BCUT2D eigenvalue weighted by molar-refractivity contribution is 0.0227. The van der Waals surface area contributed by atoms with E-state index < -0.39 is 0 Å². The molecule has 0 bridgehead atoms. The summed E-state index contributed by atoms with van der Waals surface area (Å²) in [4.78, 5) is 12.6. The van der Waals surface area contributed by atoms with Crippen LogP contribution in [-0.4, -0.2) is 19.2 Å². The smallest absolute Gasteiger partial charge is 0.338 e. The topological polar surface area (TPSA) is 35.5 Å². The molecule has 0 aromatic heterocycles. The number of hydrogen-bond acceptors (Lipinski definition) is 3. The van der Waals surface area contributed by atoms with E-state index in [1.807, 2.05) is 0 Å². The molecular weight excluding hydrogens is 324 g/mol. The molecule has 0 N–H and O–H groups in total. The van der Waals surface area contributed by atoms with Crippen LogP contribution in [0.4, 0.5) is 0 Å². The molecule has 3 heteroatoms. The van der Waals surface area contributed by atoms with Gasteiger partial charge in [-0.2, -0.15) is 0 Å². The van der Waals surface area contributed by atoms with E-state index in [1.54, 1.807) is 31.4 Å². The van der Waals surface area contributed by atoms with E-state index in [4.69, 9.17) is 9.47 Å². The van der Waals surface area contributed by atoms with Crippen LogP contribution < -0.4 is 4.74 Å². The predicted octanol–water partition coefficient (Wildman–Crippen LogP) is 5.02. The van der Waals surface area contributed by atoms with Gasteiger partial charge in [-0.1, -0.05) is 31.4 Å². The van der Waals surface area contributed by atoms with Crippen molar-refractivity contribution in [2.24, 2.45) is 17.3 Å². The highest BCUT2D eigenvalue weighted by molar-refractivity contribution is 5.89. The van der Waals surface area contributed by atoms with Gasteiger partial charge in [-0.15, -0.1) is 5.92 Å². The minimum absolute atomic E-state index is 0.146. The number of ether oxygens (including phenoxy) is 2. The van der Waals surface area contributed by atoms with Crippen molar-refractivity contribution in [3.8, 4) is 17.6 Å². The second-order valence-corrected chi connectivity index (χ2v) is 7.97. The number of rotatable bonds is 3. The summed E-state index contributed by atoms with van der Waals surface area (Å²) in [5, 5.41) is 0. The summed E-state index contributed by atoms with van der Waals surface area (Å²) in [6.45, 7) is 6.73. The van der Waals surface area contributed by atoms with E-state index in [2.05, 4.69) is 38.7 Å². The van der Waals surface area contributed by atoms with Crippen molar-refractivity contribution in [3.05, 3.63) is 41.5 Å². The third-order valence-corrected chi connectivity index (χ3v) is 5.75. The van der Waals surface area contributed by atoms with Gasteiger partial charge in [0.2, 0.25) is 0 Å². The molecule has 0 amide bonds. The fourth-order valence-electron chi connectivity index (χ4n) is 4.03. The zero-order valence-electron chi connectivity index (χ0n) is 16.2. The van der Waals surface area contributed by atoms with E-state index in [-0.39, 0.29) is 17.5 Å². The van der Waals surface area contributed by atoms with E-state index in [9.17, 15) is 4.79 Å². The maximum atomic E-state index is 12.6. The number of esters is 1.